The fraction of sp³-hybridized carbons (Fsp3) is 0.600. The fourth-order valence-electron chi connectivity index (χ4n) is 2.23. The Balaban J connectivity index is 2.55. The number of hydrogen-bond donors (Lipinski definition) is 3. The van der Waals surface area contributed by atoms with Gasteiger partial charge in [0.1, 0.15) is 11.4 Å². The van der Waals surface area contributed by atoms with E-state index >= 15 is 0 Å². The van der Waals surface area contributed by atoms with Crippen LogP contribution in [0.4, 0.5) is 11.5 Å². The summed E-state index contributed by atoms with van der Waals surface area (Å²) in [5, 5.41) is 12.3. The molecule has 0 aromatic carbocycles. The summed E-state index contributed by atoms with van der Waals surface area (Å²) in [6.45, 7) is 9.51. The second kappa shape index (κ2) is 8.46. The van der Waals surface area contributed by atoms with Crippen molar-refractivity contribution in [3.05, 3.63) is 17.8 Å². The highest BCUT2D eigenvalue weighted by Gasteiger charge is 2.14. The lowest BCUT2D eigenvalue weighted by atomic mass is 10.1. The number of nitrogens with one attached hydrogen (secondary N) is 1. The number of anilines is 2. The van der Waals surface area contributed by atoms with Gasteiger partial charge in [-0.15, -0.1) is 0 Å². The van der Waals surface area contributed by atoms with Crippen molar-refractivity contribution in [3.63, 3.8) is 0 Å². The average Bonchev–Trinajstić information content (AvgIpc) is 2.45. The van der Waals surface area contributed by atoms with Crippen LogP contribution in [0.5, 0.6) is 0 Å². The number of nitrogens with two attached hydrogens (primary N) is 1. The number of carboxylic acid groups (broad SMARTS) is 1. The molecule has 1 atom stereocenters. The molecule has 0 saturated carbocycles. The fourth-order valence-corrected chi connectivity index (χ4v) is 2.23. The van der Waals surface area contributed by atoms with Crippen LogP contribution >= 0.6 is 0 Å². The Labute approximate surface area is 126 Å². The number of carboxylic acids is 1. The monoisotopic (exact) mass is 294 g/mol. The van der Waals surface area contributed by atoms with Crippen LogP contribution in [0.25, 0.3) is 0 Å². The third-order valence-electron chi connectivity index (χ3n) is 3.53. The van der Waals surface area contributed by atoms with Crippen LogP contribution in [0.1, 0.15) is 44.0 Å². The van der Waals surface area contributed by atoms with Crippen molar-refractivity contribution in [2.45, 2.75) is 39.7 Å². The molecule has 0 aliphatic rings. The molecule has 0 fully saturated rings. The standard InChI is InChI=1S/C15H26N4O2/c1-4-19(5-2)8-6-7-11(3)18-14-13(15(20)21)9-12(16)10-17-14/h9-11H,4-8,16H2,1-3H3,(H,17,18)(H,20,21). The van der Waals surface area contributed by atoms with Gasteiger partial charge in [-0.2, -0.15) is 0 Å². The van der Waals surface area contributed by atoms with Gasteiger partial charge >= 0.3 is 5.97 Å². The number of pyridine rings is 1. The van der Waals surface area contributed by atoms with E-state index in [0.717, 1.165) is 32.5 Å². The number of aromatic nitrogens is 1. The number of hydrogen-bond acceptors (Lipinski definition) is 5. The Bertz CT molecular complexity index is 461. The highest BCUT2D eigenvalue weighted by atomic mass is 16.4. The third kappa shape index (κ3) is 5.59. The molecule has 1 unspecified atom stereocenters. The molecular weight excluding hydrogens is 268 g/mol. The van der Waals surface area contributed by atoms with Crippen LogP contribution in [0, 0.1) is 0 Å². The molecule has 1 aromatic heterocycles. The van der Waals surface area contributed by atoms with Crippen molar-refractivity contribution in [3.8, 4) is 0 Å². The van der Waals surface area contributed by atoms with E-state index in [-0.39, 0.29) is 11.6 Å². The minimum Gasteiger partial charge on any atom is -0.478 e. The van der Waals surface area contributed by atoms with E-state index in [1.54, 1.807) is 0 Å². The molecule has 118 valence electrons. The van der Waals surface area contributed by atoms with Crippen molar-refractivity contribution in [1.82, 2.24) is 9.88 Å². The highest BCUT2D eigenvalue weighted by Crippen LogP contribution is 2.17. The molecule has 0 aliphatic carbocycles. The molecule has 1 heterocycles. The molecule has 0 amide bonds. The van der Waals surface area contributed by atoms with Gasteiger partial charge in [0.2, 0.25) is 0 Å². The van der Waals surface area contributed by atoms with E-state index in [1.807, 2.05) is 6.92 Å². The van der Waals surface area contributed by atoms with Gasteiger partial charge < -0.3 is 21.1 Å². The van der Waals surface area contributed by atoms with E-state index < -0.39 is 5.97 Å². The van der Waals surface area contributed by atoms with Crippen molar-refractivity contribution < 1.29 is 9.90 Å². The lowest BCUT2D eigenvalue weighted by molar-refractivity contribution is 0.0697. The molecular formula is C15H26N4O2. The largest absolute Gasteiger partial charge is 0.478 e. The first kappa shape index (κ1) is 17.2. The van der Waals surface area contributed by atoms with Crippen LogP contribution in [0.15, 0.2) is 12.3 Å². The van der Waals surface area contributed by atoms with Crippen molar-refractivity contribution in [1.29, 1.82) is 0 Å². The molecule has 6 nitrogen and oxygen atoms in total. The summed E-state index contributed by atoms with van der Waals surface area (Å²) < 4.78 is 0. The predicted molar refractivity (Wildman–Crippen MR) is 85.7 cm³/mol. The van der Waals surface area contributed by atoms with Gasteiger partial charge in [0, 0.05) is 6.04 Å². The summed E-state index contributed by atoms with van der Waals surface area (Å²) in [5.74, 6) is -0.639. The first-order valence-corrected chi connectivity index (χ1v) is 7.45. The molecule has 4 N–H and O–H groups in total. The maximum absolute atomic E-state index is 11.2. The second-order valence-electron chi connectivity index (χ2n) is 5.18. The molecule has 1 rings (SSSR count). The normalized spacial score (nSPS) is 12.4. The van der Waals surface area contributed by atoms with Gasteiger partial charge in [0.05, 0.1) is 11.9 Å². The second-order valence-corrected chi connectivity index (χ2v) is 5.18. The number of nitrogens with zero attached hydrogens (tertiary/aromatic N) is 2. The van der Waals surface area contributed by atoms with Crippen LogP contribution in [0.3, 0.4) is 0 Å². The minimum atomic E-state index is -1.02. The van der Waals surface area contributed by atoms with Gasteiger partial charge in [0.25, 0.3) is 0 Å². The molecule has 0 saturated heterocycles. The Morgan fingerprint density at radius 2 is 2.14 bits per heavy atom. The zero-order valence-corrected chi connectivity index (χ0v) is 13.1. The smallest absolute Gasteiger partial charge is 0.339 e. The Morgan fingerprint density at radius 1 is 1.48 bits per heavy atom. The molecule has 6 heteroatoms. The third-order valence-corrected chi connectivity index (χ3v) is 3.53. The zero-order chi connectivity index (χ0) is 15.8. The molecule has 0 radical (unpaired) electrons. The van der Waals surface area contributed by atoms with Crippen molar-refractivity contribution in [2.75, 3.05) is 30.7 Å². The number of carbonyl (C=O) groups is 1. The van der Waals surface area contributed by atoms with Crippen LogP contribution in [0.2, 0.25) is 0 Å². The van der Waals surface area contributed by atoms with E-state index in [0.29, 0.717) is 11.5 Å². The molecule has 21 heavy (non-hydrogen) atoms. The van der Waals surface area contributed by atoms with Crippen LogP contribution in [-0.2, 0) is 0 Å². The molecule has 1 aromatic rings. The minimum absolute atomic E-state index is 0.116. The lowest BCUT2D eigenvalue weighted by Crippen LogP contribution is -2.26. The van der Waals surface area contributed by atoms with Crippen LogP contribution in [-0.4, -0.2) is 46.6 Å². The number of aromatic carboxylic acids is 1. The first-order valence-electron chi connectivity index (χ1n) is 7.45. The van der Waals surface area contributed by atoms with Gasteiger partial charge in [0.15, 0.2) is 0 Å². The van der Waals surface area contributed by atoms with Crippen LogP contribution < -0.4 is 11.1 Å². The number of rotatable bonds is 9. The summed E-state index contributed by atoms with van der Waals surface area (Å²) in [7, 11) is 0. The van der Waals surface area contributed by atoms with Crippen molar-refractivity contribution >= 4 is 17.5 Å². The maximum Gasteiger partial charge on any atom is 0.339 e. The summed E-state index contributed by atoms with van der Waals surface area (Å²) >= 11 is 0. The highest BCUT2D eigenvalue weighted by molar-refractivity contribution is 5.94. The van der Waals surface area contributed by atoms with Gasteiger partial charge in [-0.05, 0) is 45.5 Å². The number of nitrogen functional groups attached to an aromatic ring is 1. The summed E-state index contributed by atoms with van der Waals surface area (Å²) in [5.41, 5.74) is 6.05. The zero-order valence-electron chi connectivity index (χ0n) is 13.1. The van der Waals surface area contributed by atoms with Crippen molar-refractivity contribution in [2.24, 2.45) is 0 Å². The molecule has 0 aliphatic heterocycles. The average molecular weight is 294 g/mol. The van der Waals surface area contributed by atoms with E-state index in [2.05, 4.69) is 29.0 Å². The Morgan fingerprint density at radius 3 is 2.71 bits per heavy atom. The van der Waals surface area contributed by atoms with Gasteiger partial charge in [-0.3, -0.25) is 0 Å². The summed E-state index contributed by atoms with van der Waals surface area (Å²) in [6.07, 6.45) is 3.49. The Kier molecular flexibility index (Phi) is 6.94. The van der Waals surface area contributed by atoms with E-state index in [9.17, 15) is 9.90 Å². The quantitative estimate of drug-likeness (QED) is 0.647. The lowest BCUT2D eigenvalue weighted by Gasteiger charge is -2.20. The topological polar surface area (TPSA) is 91.5 Å². The maximum atomic E-state index is 11.2. The SMILES string of the molecule is CCN(CC)CCCC(C)Nc1ncc(N)cc1C(=O)O. The van der Waals surface area contributed by atoms with Gasteiger partial charge in [-0.1, -0.05) is 13.8 Å². The van der Waals surface area contributed by atoms with E-state index in [4.69, 9.17) is 5.73 Å². The Hall–Kier alpha value is -1.82. The molecule has 0 spiro atoms. The predicted octanol–water partition coefficient (Wildman–Crippen LogP) is 2.28. The molecule has 0 bridgehead atoms. The first-order chi connectivity index (χ1) is 9.97. The summed E-state index contributed by atoms with van der Waals surface area (Å²) in [4.78, 5) is 17.7. The summed E-state index contributed by atoms with van der Waals surface area (Å²) in [6, 6.07) is 1.59. The van der Waals surface area contributed by atoms with E-state index in [1.165, 1.54) is 12.3 Å². The van der Waals surface area contributed by atoms with Gasteiger partial charge in [-0.25, -0.2) is 9.78 Å².